The normalized spacial score (nSPS) is 30.7. The number of rotatable bonds is 6. The number of aliphatic hydroxyl groups excluding tert-OH is 3. The quantitative estimate of drug-likeness (QED) is 0.0852. The van der Waals surface area contributed by atoms with Gasteiger partial charge in [0.2, 0.25) is 10.4 Å². The SMILES string of the molecule is CO[C@H]1OC(CCC(C)C)[CH-][C@@H]2OC(C)(C)OC12.O=S(=O)([O-])O.O=S(=O)=O.O=S(=O)=O.[CH2-]CC1O[C@H](OC)C(O)[C@@H](O)[C@@H]1O.[Li+].[Na+]. The van der Waals surface area contributed by atoms with Gasteiger partial charge in [0.1, 0.15) is 24.4 Å². The summed E-state index contributed by atoms with van der Waals surface area (Å²) in [6.07, 6.45) is -0.918. The second kappa shape index (κ2) is 26.2. The zero-order valence-corrected chi connectivity index (χ0v) is 31.3. The minimum Gasteiger partial charge on any atom is -0.726 e. The van der Waals surface area contributed by atoms with E-state index >= 15 is 0 Å². The molecule has 3 aliphatic rings. The van der Waals surface area contributed by atoms with Crippen LogP contribution in [0.3, 0.4) is 0 Å². The average molecular weight is 736 g/mol. The summed E-state index contributed by atoms with van der Waals surface area (Å²) in [6, 6.07) is 0. The van der Waals surface area contributed by atoms with Crippen LogP contribution in [0, 0.1) is 19.3 Å². The molecular formula is C22H41LiNaO19S3-. The Morgan fingerprint density at radius 3 is 1.72 bits per heavy atom. The molecule has 3 fully saturated rings. The van der Waals surface area contributed by atoms with E-state index in [0.717, 1.165) is 12.8 Å². The molecule has 3 aliphatic heterocycles. The van der Waals surface area contributed by atoms with Crippen LogP contribution in [-0.2, 0) is 60.0 Å². The zero-order chi connectivity index (χ0) is 35.0. The van der Waals surface area contributed by atoms with Crippen molar-refractivity contribution in [2.75, 3.05) is 14.2 Å². The molecule has 46 heavy (non-hydrogen) atoms. The van der Waals surface area contributed by atoms with Crippen molar-refractivity contribution in [3.63, 3.8) is 0 Å². The number of aliphatic hydroxyl groups is 3. The van der Waals surface area contributed by atoms with E-state index in [2.05, 4.69) is 27.2 Å². The van der Waals surface area contributed by atoms with Crippen LogP contribution in [-0.4, -0.2) is 133 Å². The second-order valence-electron chi connectivity index (χ2n) is 9.88. The van der Waals surface area contributed by atoms with Crippen molar-refractivity contribution in [1.29, 1.82) is 0 Å². The van der Waals surface area contributed by atoms with Gasteiger partial charge in [-0.3, -0.25) is 11.0 Å². The second-order valence-corrected chi connectivity index (χ2v) is 11.6. The van der Waals surface area contributed by atoms with Gasteiger partial charge >= 0.3 is 69.6 Å². The van der Waals surface area contributed by atoms with E-state index in [9.17, 15) is 15.3 Å². The number of hydrogen-bond donors (Lipinski definition) is 4. The van der Waals surface area contributed by atoms with Crippen LogP contribution in [0.25, 0.3) is 0 Å². The van der Waals surface area contributed by atoms with Crippen LogP contribution in [0.1, 0.15) is 47.0 Å². The number of hydrogen-bond acceptors (Lipinski definition) is 18. The van der Waals surface area contributed by atoms with Crippen LogP contribution in [0.5, 0.6) is 0 Å². The summed E-state index contributed by atoms with van der Waals surface area (Å²) in [5, 5.41) is 28.1. The predicted molar refractivity (Wildman–Crippen MR) is 143 cm³/mol. The summed E-state index contributed by atoms with van der Waals surface area (Å²) in [4.78, 5) is 0. The minimum absolute atomic E-state index is 0. The summed E-state index contributed by atoms with van der Waals surface area (Å²) in [7, 11) is -8.13. The molecule has 0 saturated carbocycles. The first-order chi connectivity index (χ1) is 20.0. The summed E-state index contributed by atoms with van der Waals surface area (Å²) >= 11 is 0. The van der Waals surface area contributed by atoms with Gasteiger partial charge in [-0.25, -0.2) is 8.42 Å². The van der Waals surface area contributed by atoms with E-state index in [0.29, 0.717) is 12.3 Å². The Kier molecular flexibility index (Phi) is 30.3. The van der Waals surface area contributed by atoms with Gasteiger partial charge in [0.25, 0.3) is 0 Å². The maximum Gasteiger partial charge on any atom is 1.00 e. The molecule has 0 spiro atoms. The molecule has 3 rings (SSSR count). The van der Waals surface area contributed by atoms with Crippen molar-refractivity contribution in [1.82, 2.24) is 0 Å². The molecule has 4 unspecified atom stereocenters. The molecule has 24 heteroatoms. The van der Waals surface area contributed by atoms with Crippen LogP contribution in [0.2, 0.25) is 0 Å². The van der Waals surface area contributed by atoms with Gasteiger partial charge in [0.05, 0.1) is 6.10 Å². The molecule has 9 atom stereocenters. The molecule has 0 aromatic heterocycles. The van der Waals surface area contributed by atoms with Gasteiger partial charge in [-0.15, -0.1) is 25.3 Å². The smallest absolute Gasteiger partial charge is 0.726 e. The van der Waals surface area contributed by atoms with E-state index in [1.54, 1.807) is 7.11 Å². The zero-order valence-electron chi connectivity index (χ0n) is 26.8. The Hall–Kier alpha value is 0.347. The molecule has 0 bridgehead atoms. The van der Waals surface area contributed by atoms with Gasteiger partial charge < -0.3 is 55.2 Å². The predicted octanol–water partition coefficient (Wildman–Crippen LogP) is -7.81. The third-order valence-electron chi connectivity index (χ3n) is 5.59. The molecule has 19 nitrogen and oxygen atoms in total. The summed E-state index contributed by atoms with van der Waals surface area (Å²) < 4.78 is 116. The average Bonchev–Trinajstić information content (AvgIpc) is 3.18. The number of ether oxygens (including phenoxy) is 6. The Morgan fingerprint density at radius 1 is 0.913 bits per heavy atom. The Balaban J connectivity index is -0.000000276. The van der Waals surface area contributed by atoms with Crippen molar-refractivity contribution in [2.24, 2.45) is 5.92 Å². The van der Waals surface area contributed by atoms with Crippen LogP contribution >= 0.6 is 0 Å². The van der Waals surface area contributed by atoms with E-state index in [1.165, 1.54) is 7.11 Å². The Bertz CT molecular complexity index is 1070. The van der Waals surface area contributed by atoms with Gasteiger partial charge in [-0.05, 0) is 25.9 Å². The Labute approximate surface area is 306 Å². The van der Waals surface area contributed by atoms with Gasteiger partial charge in [-0.2, -0.15) is 6.42 Å². The van der Waals surface area contributed by atoms with Gasteiger partial charge in [0, 0.05) is 14.2 Å². The van der Waals surface area contributed by atoms with Crippen LogP contribution in [0.15, 0.2) is 0 Å². The van der Waals surface area contributed by atoms with Crippen molar-refractivity contribution in [2.45, 2.75) is 108 Å². The molecule has 0 aromatic rings. The fraction of sp³-hybridized carbons (Fsp3) is 0.909. The fourth-order valence-corrected chi connectivity index (χ4v) is 3.88. The first-order valence-corrected chi connectivity index (χ1v) is 16.0. The van der Waals surface area contributed by atoms with E-state index in [-0.39, 0.29) is 73.0 Å². The largest absolute Gasteiger partial charge is 1.00 e. The van der Waals surface area contributed by atoms with Crippen molar-refractivity contribution < 1.29 is 135 Å². The van der Waals surface area contributed by atoms with Gasteiger partial charge in [-0.1, -0.05) is 32.8 Å². The molecule has 0 aliphatic carbocycles. The van der Waals surface area contributed by atoms with Crippen LogP contribution in [0.4, 0.5) is 0 Å². The van der Waals surface area contributed by atoms with Gasteiger partial charge in [0.15, 0.2) is 18.4 Å². The standard InChI is InChI=1S/C14H25O4.C8H15O5.Li.Na.H2O4S.2O3S/c1-9(2)6-7-10-8-11-12(13(15-5)16-10)18-14(3,4)17-11;1-3-4-5(9)6(10)7(11)8(12-2)13-4;;;1-5(2,3)4;2*1-4(2)3/h8-13H,6-7H2,1-5H3;4-11H,1,3H2,2H3;;;(H2,1,2,3,4);;/q2*-1;2*+1;;;/p-1/t10?,11-,12?,13-;4?,5-,6+,7?,8+;;;;;/m01...../s1. The molecule has 264 valence electrons. The molecular weight excluding hydrogens is 694 g/mol. The first kappa shape index (κ1) is 53.1. The van der Waals surface area contributed by atoms with E-state index in [4.69, 9.17) is 71.2 Å². The molecule has 0 aromatic carbocycles. The third-order valence-corrected chi connectivity index (χ3v) is 5.59. The summed E-state index contributed by atoms with van der Waals surface area (Å²) in [6.45, 7) is 11.8. The minimum atomic E-state index is -4.92. The monoisotopic (exact) mass is 735 g/mol. The van der Waals surface area contributed by atoms with E-state index in [1.807, 2.05) is 13.8 Å². The molecule has 0 amide bonds. The third kappa shape index (κ3) is 25.3. The maximum atomic E-state index is 9.39. The Morgan fingerprint density at radius 2 is 1.35 bits per heavy atom. The molecule has 4 N–H and O–H groups in total. The molecule has 3 heterocycles. The number of methoxy groups -OCH3 is 2. The molecule has 0 radical (unpaired) electrons. The van der Waals surface area contributed by atoms with E-state index < -0.39 is 68.1 Å². The van der Waals surface area contributed by atoms with Crippen molar-refractivity contribution in [3.05, 3.63) is 13.3 Å². The summed E-state index contributed by atoms with van der Waals surface area (Å²) in [5.74, 6) is 0.122. The summed E-state index contributed by atoms with van der Waals surface area (Å²) in [5.41, 5.74) is 0. The fourth-order valence-electron chi connectivity index (χ4n) is 3.88. The topological polar surface area (TPSA) is 296 Å². The number of fused-ring (bicyclic) bond motifs is 1. The maximum absolute atomic E-state index is 9.39. The van der Waals surface area contributed by atoms with Crippen molar-refractivity contribution >= 4 is 31.6 Å². The van der Waals surface area contributed by atoms with Crippen LogP contribution < -0.4 is 48.4 Å². The first-order valence-electron chi connectivity index (χ1n) is 12.6. The van der Waals surface area contributed by atoms with Crippen molar-refractivity contribution in [3.8, 4) is 0 Å². The molecule has 3 saturated heterocycles.